The number of aliphatic carboxylic acids is 1. The molecule has 6 nitrogen and oxygen atoms in total. The van der Waals surface area contributed by atoms with Gasteiger partial charge in [0.25, 0.3) is 5.97 Å². The molecule has 1 aliphatic heterocycles. The monoisotopic (exact) mass is 550 g/mol. The summed E-state index contributed by atoms with van der Waals surface area (Å²) in [5.74, 6) is 0.607. The van der Waals surface area contributed by atoms with Crippen molar-refractivity contribution in [3.63, 3.8) is 0 Å². The fourth-order valence-electron chi connectivity index (χ4n) is 4.46. The summed E-state index contributed by atoms with van der Waals surface area (Å²) in [6.07, 6.45) is 8.54. The molecule has 1 heterocycles. The molecule has 8 heteroatoms. The summed E-state index contributed by atoms with van der Waals surface area (Å²) < 4.78 is 7.36. The van der Waals surface area contributed by atoms with E-state index in [0.29, 0.717) is 16.0 Å². The van der Waals surface area contributed by atoms with E-state index in [9.17, 15) is 4.79 Å². The average Bonchev–Trinajstić information content (AvgIpc) is 3.28. The first-order valence-electron chi connectivity index (χ1n) is 13.2. The molecule has 2 N–H and O–H groups in total. The molecule has 5 rings (SSSR count). The van der Waals surface area contributed by atoms with Gasteiger partial charge < -0.3 is 9.84 Å². The second kappa shape index (κ2) is 14.5. The number of hydrogen-bond acceptors (Lipinski definition) is 5. The first kappa shape index (κ1) is 29.2. The number of aliphatic imine (C=N–C) groups is 1. The van der Waals surface area contributed by atoms with Gasteiger partial charge in [0.05, 0.1) is 6.61 Å². The van der Waals surface area contributed by atoms with Gasteiger partial charge in [-0.3, -0.25) is 4.79 Å². The van der Waals surface area contributed by atoms with Crippen LogP contribution in [0.25, 0.3) is 17.2 Å². The number of amides is 1. The first-order chi connectivity index (χ1) is 18.9. The minimum absolute atomic E-state index is 0.204. The van der Waals surface area contributed by atoms with Crippen molar-refractivity contribution in [2.45, 2.75) is 39.0 Å². The fraction of sp³-hybridized carbons (Fsp3) is 0.258. The number of rotatable bonds is 6. The summed E-state index contributed by atoms with van der Waals surface area (Å²) in [7, 11) is 0. The van der Waals surface area contributed by atoms with E-state index in [0.717, 1.165) is 69.6 Å². The molecule has 39 heavy (non-hydrogen) atoms. The third-order valence-electron chi connectivity index (χ3n) is 6.53. The Hall–Kier alpha value is -2.84. The zero-order valence-corrected chi connectivity index (χ0v) is 25.2. The van der Waals surface area contributed by atoms with Gasteiger partial charge in [0.15, 0.2) is 0 Å². The van der Waals surface area contributed by atoms with Crippen molar-refractivity contribution >= 4 is 71.3 Å². The number of nitrogens with one attached hydrogen (secondary N) is 1. The van der Waals surface area contributed by atoms with Crippen molar-refractivity contribution in [3.8, 4) is 16.9 Å². The van der Waals surface area contributed by atoms with Crippen LogP contribution >= 0.6 is 11.8 Å². The van der Waals surface area contributed by atoms with Crippen LogP contribution in [0.15, 0.2) is 82.7 Å². The molecule has 2 aliphatic rings. The summed E-state index contributed by atoms with van der Waals surface area (Å²) in [5, 5.41) is 11.3. The summed E-state index contributed by atoms with van der Waals surface area (Å²) in [6.45, 7) is 1.91. The normalized spacial score (nSPS) is 16.3. The molecule has 0 saturated heterocycles. The van der Waals surface area contributed by atoms with Crippen molar-refractivity contribution in [2.24, 2.45) is 10.9 Å². The maximum absolute atomic E-state index is 12.4. The Balaban J connectivity index is 0.000000826. The van der Waals surface area contributed by atoms with E-state index in [1.807, 2.05) is 30.3 Å². The predicted octanol–water partition coefficient (Wildman–Crippen LogP) is 6.28. The Morgan fingerprint density at radius 2 is 1.59 bits per heavy atom. The van der Waals surface area contributed by atoms with Crippen LogP contribution in [0.1, 0.15) is 44.6 Å². The van der Waals surface area contributed by atoms with Crippen LogP contribution in [0.4, 0.5) is 5.69 Å². The summed E-state index contributed by atoms with van der Waals surface area (Å²) >= 11 is 2.40. The number of carboxylic acid groups (broad SMARTS) is 1. The van der Waals surface area contributed by atoms with Gasteiger partial charge in [0, 0.05) is 6.92 Å². The van der Waals surface area contributed by atoms with Crippen molar-refractivity contribution in [2.75, 3.05) is 11.9 Å². The van der Waals surface area contributed by atoms with E-state index in [1.165, 1.54) is 46.7 Å². The number of carbonyl (C=O) groups is 2. The van der Waals surface area contributed by atoms with E-state index >= 15 is 0 Å². The topological polar surface area (TPSA) is 88.0 Å². The standard InChI is InChI=1S/C29H27N2O2S.C2H4O2.Na/c32-28-27(34-29(31-28)30-25-9-5-2-6-10-25)19-21-11-13-23(14-12-21)24-15-17-26(18-16-24)33-20-22-7-3-1-4-8-22;1-2(3)4;/h5-6,9-19,22H,1,3-4,7-8,20H2,(H,30,31,32);1H3,(H,3,4);/b27-19+;;. The zero-order chi connectivity index (χ0) is 27.6. The van der Waals surface area contributed by atoms with E-state index in [-0.39, 0.29) is 5.91 Å². The van der Waals surface area contributed by atoms with Crippen molar-refractivity contribution in [1.82, 2.24) is 0 Å². The molecule has 1 fully saturated rings. The van der Waals surface area contributed by atoms with Gasteiger partial charge in [-0.05, 0) is 42.0 Å². The Morgan fingerprint density at radius 1 is 1.00 bits per heavy atom. The maximum atomic E-state index is 12.4. The van der Waals surface area contributed by atoms with Crippen LogP contribution in [-0.4, -0.2) is 56.7 Å². The molecule has 3 aromatic rings. The summed E-state index contributed by atoms with van der Waals surface area (Å²) in [5.41, 5.74) is 4.21. The van der Waals surface area contributed by atoms with Crippen LogP contribution < -0.4 is 12.9 Å². The van der Waals surface area contributed by atoms with E-state index in [4.69, 9.17) is 14.6 Å². The Bertz CT molecular complexity index is 1330. The van der Waals surface area contributed by atoms with E-state index in [2.05, 4.69) is 58.8 Å². The molecule has 0 atom stereocenters. The fourth-order valence-corrected chi connectivity index (χ4v) is 5.62. The number of carbonyl (C=O) groups excluding carboxylic acids is 1. The van der Waals surface area contributed by atoms with Gasteiger partial charge >= 0.3 is 139 Å². The van der Waals surface area contributed by atoms with E-state index in [1.54, 1.807) is 0 Å². The van der Waals surface area contributed by atoms with Crippen LogP contribution in [0.5, 0.6) is 5.75 Å². The second-order valence-corrected chi connectivity index (χ2v) is 12.0. The molecule has 0 unspecified atom stereocenters. The molecule has 3 aromatic carbocycles. The Kier molecular flexibility index (Phi) is 10.9. The molecular weight excluding hydrogens is 519 g/mol. The molecule has 196 valence electrons. The summed E-state index contributed by atoms with van der Waals surface area (Å²) in [6, 6.07) is 24.8. The minimum atomic E-state index is -0.833. The van der Waals surface area contributed by atoms with Crippen LogP contribution in [0.2, 0.25) is 0 Å². The third-order valence-corrected chi connectivity index (χ3v) is 8.10. The molecule has 1 saturated carbocycles. The van der Waals surface area contributed by atoms with Crippen molar-refractivity contribution in [1.29, 1.82) is 0 Å². The predicted molar refractivity (Wildman–Crippen MR) is 161 cm³/mol. The van der Waals surface area contributed by atoms with Gasteiger partial charge in [-0.2, -0.15) is 0 Å². The van der Waals surface area contributed by atoms with Gasteiger partial charge in [0.1, 0.15) is 5.75 Å². The number of amidine groups is 1. The Morgan fingerprint density at radius 3 is 2.21 bits per heavy atom. The third kappa shape index (κ3) is 9.39. The second-order valence-electron chi connectivity index (χ2n) is 9.80. The molecule has 0 aromatic heterocycles. The van der Waals surface area contributed by atoms with Gasteiger partial charge in [-0.25, -0.2) is 0 Å². The summed E-state index contributed by atoms with van der Waals surface area (Å²) in [4.78, 5) is 26.2. The van der Waals surface area contributed by atoms with Gasteiger partial charge in [-0.1, -0.05) is 31.4 Å². The number of thioether (sulfide) groups is 1. The zero-order valence-electron chi connectivity index (χ0n) is 22.4. The first-order valence-corrected chi connectivity index (χ1v) is 15.1. The SMILES string of the molecule is CC(=O)O.O=C1N=C(Nc2cc[c]([Na])cc2)S/C1=C/c1ccc(-c2ccc(OCC3CCCCC3)cc2)cc1. The quantitative estimate of drug-likeness (QED) is 0.278. The van der Waals surface area contributed by atoms with Gasteiger partial charge in [-0.15, -0.1) is 0 Å². The number of anilines is 1. The molecule has 1 amide bonds. The van der Waals surface area contributed by atoms with Crippen LogP contribution in [0, 0.1) is 5.92 Å². The average molecular weight is 551 g/mol. The van der Waals surface area contributed by atoms with Crippen LogP contribution in [-0.2, 0) is 9.59 Å². The van der Waals surface area contributed by atoms with Crippen molar-refractivity contribution < 1.29 is 19.4 Å². The number of carboxylic acids is 1. The van der Waals surface area contributed by atoms with Crippen molar-refractivity contribution in [3.05, 3.63) is 83.3 Å². The van der Waals surface area contributed by atoms with Crippen LogP contribution in [0.3, 0.4) is 0 Å². The molecule has 0 bridgehead atoms. The molecule has 0 radical (unpaired) electrons. The number of ether oxygens (including phenoxy) is 1. The van der Waals surface area contributed by atoms with E-state index < -0.39 is 5.97 Å². The number of benzene rings is 3. The molecule has 1 aliphatic carbocycles. The number of hydrogen-bond donors (Lipinski definition) is 2. The van der Waals surface area contributed by atoms with Gasteiger partial charge in [0.2, 0.25) is 0 Å². The number of nitrogens with zero attached hydrogens (tertiary/aromatic N) is 1. The molecule has 0 spiro atoms. The molecular formula is C31H31N2NaO4S. The Labute approximate surface area is 251 Å².